The zero-order chi connectivity index (χ0) is 24.0. The molecule has 0 fully saturated rings. The summed E-state index contributed by atoms with van der Waals surface area (Å²) in [6.45, 7) is 3.24. The third-order valence-electron chi connectivity index (χ3n) is 4.72. The molecule has 0 unspecified atom stereocenters. The van der Waals surface area contributed by atoms with Crippen LogP contribution in [-0.2, 0) is 14.8 Å². The van der Waals surface area contributed by atoms with E-state index in [9.17, 15) is 23.3 Å². The Morgan fingerprint density at radius 2 is 1.52 bits per heavy atom. The minimum Gasteiger partial charge on any atom is -0.271 e. The van der Waals surface area contributed by atoms with Crippen LogP contribution in [0.2, 0.25) is 0 Å². The van der Waals surface area contributed by atoms with Crippen molar-refractivity contribution in [3.8, 4) is 0 Å². The van der Waals surface area contributed by atoms with Gasteiger partial charge in [-0.2, -0.15) is 5.10 Å². The normalized spacial score (nSPS) is 11.3. The maximum Gasteiger partial charge on any atom is 0.269 e. The molecule has 0 heterocycles. The van der Waals surface area contributed by atoms with Crippen molar-refractivity contribution in [2.75, 3.05) is 10.8 Å². The van der Waals surface area contributed by atoms with E-state index >= 15 is 0 Å². The molecule has 1 N–H and O–H groups in total. The number of hydrazone groups is 1. The second-order valence-electron chi connectivity index (χ2n) is 7.30. The van der Waals surface area contributed by atoms with Crippen LogP contribution in [0.25, 0.3) is 0 Å². The van der Waals surface area contributed by atoms with Crippen LogP contribution in [0.5, 0.6) is 0 Å². The maximum atomic E-state index is 13.3. The third-order valence-corrected chi connectivity index (χ3v) is 6.51. The van der Waals surface area contributed by atoms with Crippen LogP contribution in [0.3, 0.4) is 0 Å². The zero-order valence-corrected chi connectivity index (χ0v) is 18.8. The van der Waals surface area contributed by atoms with Crippen LogP contribution in [0.4, 0.5) is 11.4 Å². The Kier molecular flexibility index (Phi) is 7.19. The second kappa shape index (κ2) is 10.0. The summed E-state index contributed by atoms with van der Waals surface area (Å²) in [5, 5.41) is 14.5. The number of anilines is 1. The molecule has 0 aliphatic heterocycles. The summed E-state index contributed by atoms with van der Waals surface area (Å²) in [6.07, 6.45) is 1.31. The highest BCUT2D eigenvalue weighted by molar-refractivity contribution is 7.92. The number of hydrogen-bond acceptors (Lipinski definition) is 6. The van der Waals surface area contributed by atoms with Gasteiger partial charge in [0.15, 0.2) is 0 Å². The highest BCUT2D eigenvalue weighted by atomic mass is 32.2. The van der Waals surface area contributed by atoms with Crippen molar-refractivity contribution in [1.29, 1.82) is 0 Å². The van der Waals surface area contributed by atoms with E-state index in [1.54, 1.807) is 36.4 Å². The Hall–Kier alpha value is -4.05. The van der Waals surface area contributed by atoms with Gasteiger partial charge in [0.05, 0.1) is 21.7 Å². The van der Waals surface area contributed by atoms with E-state index in [1.165, 1.54) is 42.6 Å². The largest absolute Gasteiger partial charge is 0.271 e. The molecule has 3 aromatic rings. The molecular weight excluding hydrogens is 444 g/mol. The summed E-state index contributed by atoms with van der Waals surface area (Å²) >= 11 is 0. The quantitative estimate of drug-likeness (QED) is 0.309. The number of amides is 1. The molecule has 1 amide bonds. The molecule has 0 radical (unpaired) electrons. The topological polar surface area (TPSA) is 122 Å². The van der Waals surface area contributed by atoms with Gasteiger partial charge in [-0.3, -0.25) is 19.2 Å². The van der Waals surface area contributed by atoms with Crippen molar-refractivity contribution in [2.24, 2.45) is 5.10 Å². The summed E-state index contributed by atoms with van der Waals surface area (Å²) in [7, 11) is -4.01. The Balaban J connectivity index is 1.79. The average Bonchev–Trinajstić information content (AvgIpc) is 2.79. The van der Waals surface area contributed by atoms with Crippen LogP contribution in [0, 0.1) is 24.0 Å². The average molecular weight is 467 g/mol. The number of nitro groups is 1. The number of carbonyl (C=O) groups is 1. The molecule has 0 atom stereocenters. The lowest BCUT2D eigenvalue weighted by Crippen LogP contribution is -2.39. The summed E-state index contributed by atoms with van der Waals surface area (Å²) in [4.78, 5) is 22.8. The number of non-ortho nitro benzene ring substituents is 1. The monoisotopic (exact) mass is 466 g/mol. The van der Waals surface area contributed by atoms with Crippen molar-refractivity contribution in [3.05, 3.63) is 99.6 Å². The number of nitro benzene ring substituents is 1. The minimum atomic E-state index is -4.01. The second-order valence-corrected chi connectivity index (χ2v) is 9.16. The molecule has 0 spiro atoms. The lowest BCUT2D eigenvalue weighted by Gasteiger charge is -2.24. The molecule has 10 heteroatoms. The molecule has 0 aliphatic carbocycles. The third kappa shape index (κ3) is 6.01. The van der Waals surface area contributed by atoms with Gasteiger partial charge in [-0.15, -0.1) is 0 Å². The molecule has 0 saturated heterocycles. The Morgan fingerprint density at radius 1 is 0.970 bits per heavy atom. The van der Waals surface area contributed by atoms with Gasteiger partial charge in [-0.25, -0.2) is 13.8 Å². The van der Waals surface area contributed by atoms with Crippen LogP contribution >= 0.6 is 0 Å². The molecule has 170 valence electrons. The highest BCUT2D eigenvalue weighted by Gasteiger charge is 2.27. The predicted octanol–water partition coefficient (Wildman–Crippen LogP) is 3.56. The van der Waals surface area contributed by atoms with E-state index in [0.717, 1.165) is 15.4 Å². The van der Waals surface area contributed by atoms with Crippen molar-refractivity contribution in [2.45, 2.75) is 18.7 Å². The standard InChI is InChI=1S/C23H22N4O5S/c1-17-3-9-20(10-4-17)26(33(31,32)22-13-5-18(2)6-14-22)16-23(28)25-24-15-19-7-11-21(12-8-19)27(29)30/h3-15H,16H2,1-2H3,(H,25,28)/b24-15-. The summed E-state index contributed by atoms with van der Waals surface area (Å²) in [5.74, 6) is -0.649. The van der Waals surface area contributed by atoms with E-state index in [-0.39, 0.29) is 10.6 Å². The van der Waals surface area contributed by atoms with Crippen LogP contribution in [0.15, 0.2) is 82.8 Å². The number of hydrogen-bond donors (Lipinski definition) is 1. The number of sulfonamides is 1. The van der Waals surface area contributed by atoms with Gasteiger partial charge < -0.3 is 0 Å². The van der Waals surface area contributed by atoms with Crippen molar-refractivity contribution >= 4 is 33.5 Å². The first-order valence-electron chi connectivity index (χ1n) is 9.89. The van der Waals surface area contributed by atoms with Gasteiger partial charge in [-0.1, -0.05) is 35.4 Å². The lowest BCUT2D eigenvalue weighted by molar-refractivity contribution is -0.384. The number of aryl methyl sites for hydroxylation is 2. The summed E-state index contributed by atoms with van der Waals surface area (Å²) in [6, 6.07) is 18.8. The first-order chi connectivity index (χ1) is 15.7. The molecule has 3 aromatic carbocycles. The van der Waals surface area contributed by atoms with Gasteiger partial charge >= 0.3 is 0 Å². The van der Waals surface area contributed by atoms with Crippen molar-refractivity contribution in [1.82, 2.24) is 5.43 Å². The number of rotatable bonds is 8. The van der Waals surface area contributed by atoms with E-state index in [0.29, 0.717) is 11.3 Å². The number of carbonyl (C=O) groups excluding carboxylic acids is 1. The van der Waals surface area contributed by atoms with Gasteiger partial charge in [0.1, 0.15) is 6.54 Å². The smallest absolute Gasteiger partial charge is 0.269 e. The van der Waals surface area contributed by atoms with E-state index in [2.05, 4.69) is 10.5 Å². The SMILES string of the molecule is Cc1ccc(N(CC(=O)N/N=C\c2ccc([N+](=O)[O-])cc2)S(=O)(=O)c2ccc(C)cc2)cc1. The minimum absolute atomic E-state index is 0.0637. The van der Waals surface area contributed by atoms with Gasteiger partial charge in [0.25, 0.3) is 21.6 Å². The highest BCUT2D eigenvalue weighted by Crippen LogP contribution is 2.24. The molecule has 3 rings (SSSR count). The molecular formula is C23H22N4O5S. The summed E-state index contributed by atoms with van der Waals surface area (Å²) < 4.78 is 27.6. The van der Waals surface area contributed by atoms with E-state index in [1.807, 2.05) is 13.8 Å². The molecule has 0 aliphatic rings. The lowest BCUT2D eigenvalue weighted by atomic mass is 10.2. The molecule has 0 saturated carbocycles. The Labute approximate surface area is 191 Å². The van der Waals surface area contributed by atoms with Crippen LogP contribution < -0.4 is 9.73 Å². The first-order valence-corrected chi connectivity index (χ1v) is 11.3. The van der Waals surface area contributed by atoms with E-state index in [4.69, 9.17) is 0 Å². The zero-order valence-electron chi connectivity index (χ0n) is 18.0. The predicted molar refractivity (Wildman–Crippen MR) is 126 cm³/mol. The van der Waals surface area contributed by atoms with Gasteiger partial charge in [0, 0.05) is 12.1 Å². The maximum absolute atomic E-state index is 13.3. The van der Waals surface area contributed by atoms with Crippen LogP contribution in [-0.4, -0.2) is 32.0 Å². The first kappa shape index (κ1) is 23.6. The molecule has 0 bridgehead atoms. The Morgan fingerprint density at radius 3 is 2.06 bits per heavy atom. The fraction of sp³-hybridized carbons (Fsp3) is 0.130. The van der Waals surface area contributed by atoms with Crippen molar-refractivity contribution < 1.29 is 18.1 Å². The molecule has 0 aromatic heterocycles. The van der Waals surface area contributed by atoms with Crippen molar-refractivity contribution in [3.63, 3.8) is 0 Å². The Bertz CT molecular complexity index is 1270. The van der Waals surface area contributed by atoms with E-state index < -0.39 is 27.4 Å². The number of benzene rings is 3. The fourth-order valence-corrected chi connectivity index (χ4v) is 4.31. The van der Waals surface area contributed by atoms with Gasteiger partial charge in [0.2, 0.25) is 0 Å². The fourth-order valence-electron chi connectivity index (χ4n) is 2.89. The number of nitrogens with zero attached hydrogens (tertiary/aromatic N) is 3. The molecule has 33 heavy (non-hydrogen) atoms. The summed E-state index contributed by atoms with van der Waals surface area (Å²) in [5.41, 5.74) is 4.97. The number of nitrogens with one attached hydrogen (secondary N) is 1. The molecule has 9 nitrogen and oxygen atoms in total. The van der Waals surface area contributed by atoms with Gasteiger partial charge in [-0.05, 0) is 55.8 Å². The van der Waals surface area contributed by atoms with Crippen LogP contribution in [0.1, 0.15) is 16.7 Å².